The summed E-state index contributed by atoms with van der Waals surface area (Å²) >= 11 is 0. The molecule has 1 unspecified atom stereocenters. The van der Waals surface area contributed by atoms with Crippen LogP contribution in [0.3, 0.4) is 0 Å². The van der Waals surface area contributed by atoms with Crippen molar-refractivity contribution in [2.24, 2.45) is 0 Å². The first-order valence-electron chi connectivity index (χ1n) is 8.62. The molecule has 0 radical (unpaired) electrons. The fourth-order valence-corrected chi connectivity index (χ4v) is 2.92. The molecule has 0 bridgehead atoms. The average molecular weight is 379 g/mol. The van der Waals surface area contributed by atoms with E-state index in [0.717, 1.165) is 12.1 Å². The Bertz CT molecular complexity index is 788. The lowest BCUT2D eigenvalue weighted by Gasteiger charge is -2.29. The second-order valence-electron chi connectivity index (χ2n) is 6.29. The lowest BCUT2D eigenvalue weighted by molar-refractivity contribution is -0.137. The summed E-state index contributed by atoms with van der Waals surface area (Å²) in [5, 5.41) is 2.83. The highest BCUT2D eigenvalue weighted by molar-refractivity contribution is 5.99. The summed E-state index contributed by atoms with van der Waals surface area (Å²) in [6.07, 6.45) is -2.76. The summed E-state index contributed by atoms with van der Waals surface area (Å²) < 4.78 is 43.4. The number of pyridine rings is 1. The van der Waals surface area contributed by atoms with Crippen LogP contribution in [0.2, 0.25) is 0 Å². The predicted octanol–water partition coefficient (Wildman–Crippen LogP) is 3.43. The van der Waals surface area contributed by atoms with E-state index in [1.807, 2.05) is 4.90 Å². The average Bonchev–Trinajstić information content (AvgIpc) is 2.68. The van der Waals surface area contributed by atoms with E-state index in [4.69, 9.17) is 4.74 Å². The van der Waals surface area contributed by atoms with E-state index in [9.17, 15) is 18.0 Å². The maximum absolute atomic E-state index is 12.7. The number of nitrogens with one attached hydrogen (secondary N) is 1. The number of amides is 1. The van der Waals surface area contributed by atoms with Crippen LogP contribution in [0.4, 0.5) is 19.0 Å². The van der Waals surface area contributed by atoms with Crippen LogP contribution in [-0.4, -0.2) is 37.2 Å². The molecule has 1 saturated heterocycles. The molecule has 0 saturated carbocycles. The van der Waals surface area contributed by atoms with Crippen molar-refractivity contribution in [1.29, 1.82) is 0 Å². The number of nitrogens with zero attached hydrogens (tertiary/aromatic N) is 2. The molecule has 1 aliphatic rings. The lowest BCUT2D eigenvalue weighted by Crippen LogP contribution is -2.38. The van der Waals surface area contributed by atoms with Crippen LogP contribution in [0, 0.1) is 0 Å². The standard InChI is InChI=1S/C19H20F3N3O2/c1-13(14-4-6-15(7-5-14)19(20,21)22)24-18(26)16-3-2-8-23-17(16)25-9-11-27-12-10-25/h2-8,13H,9-12H2,1H3,(H,24,26). The summed E-state index contributed by atoms with van der Waals surface area (Å²) in [6.45, 7) is 4.15. The summed E-state index contributed by atoms with van der Waals surface area (Å²) in [5.41, 5.74) is 0.304. The van der Waals surface area contributed by atoms with Crippen LogP contribution >= 0.6 is 0 Å². The van der Waals surface area contributed by atoms with E-state index >= 15 is 0 Å². The smallest absolute Gasteiger partial charge is 0.378 e. The number of carbonyl (C=O) groups excluding carboxylic acids is 1. The van der Waals surface area contributed by atoms with Crippen molar-refractivity contribution in [2.45, 2.75) is 19.1 Å². The van der Waals surface area contributed by atoms with E-state index in [0.29, 0.717) is 43.2 Å². The third kappa shape index (κ3) is 4.57. The molecule has 3 rings (SSSR count). The van der Waals surface area contributed by atoms with Gasteiger partial charge in [0, 0.05) is 19.3 Å². The van der Waals surface area contributed by atoms with Gasteiger partial charge in [0.05, 0.1) is 30.4 Å². The number of aromatic nitrogens is 1. The molecule has 1 atom stereocenters. The van der Waals surface area contributed by atoms with E-state index in [1.165, 1.54) is 12.1 Å². The minimum absolute atomic E-state index is 0.322. The molecule has 5 nitrogen and oxygen atoms in total. The van der Waals surface area contributed by atoms with Crippen LogP contribution < -0.4 is 10.2 Å². The molecule has 1 aliphatic heterocycles. The van der Waals surface area contributed by atoms with Gasteiger partial charge < -0.3 is 15.0 Å². The highest BCUT2D eigenvalue weighted by atomic mass is 19.4. The monoisotopic (exact) mass is 379 g/mol. The summed E-state index contributed by atoms with van der Waals surface area (Å²) in [5.74, 6) is 0.259. The third-order valence-corrected chi connectivity index (χ3v) is 4.43. The fourth-order valence-electron chi connectivity index (χ4n) is 2.92. The zero-order valence-corrected chi connectivity index (χ0v) is 14.8. The van der Waals surface area contributed by atoms with Gasteiger partial charge in [-0.1, -0.05) is 12.1 Å². The van der Waals surface area contributed by atoms with E-state index in [2.05, 4.69) is 10.3 Å². The van der Waals surface area contributed by atoms with Gasteiger partial charge in [0.1, 0.15) is 5.82 Å². The van der Waals surface area contributed by atoms with Gasteiger partial charge in [0.15, 0.2) is 0 Å². The third-order valence-electron chi connectivity index (χ3n) is 4.43. The molecule has 27 heavy (non-hydrogen) atoms. The second-order valence-corrected chi connectivity index (χ2v) is 6.29. The number of ether oxygens (including phenoxy) is 1. The molecule has 8 heteroatoms. The number of hydrogen-bond donors (Lipinski definition) is 1. The Labute approximate surface area is 155 Å². The molecule has 1 amide bonds. The van der Waals surface area contributed by atoms with Crippen molar-refractivity contribution in [2.75, 3.05) is 31.2 Å². The molecule has 2 heterocycles. The minimum atomic E-state index is -4.38. The normalized spacial score (nSPS) is 16.1. The number of anilines is 1. The number of benzene rings is 1. The molecule has 2 aromatic rings. The zero-order valence-electron chi connectivity index (χ0n) is 14.8. The van der Waals surface area contributed by atoms with Crippen molar-refractivity contribution < 1.29 is 22.7 Å². The van der Waals surface area contributed by atoms with Gasteiger partial charge in [-0.3, -0.25) is 4.79 Å². The molecule has 0 spiro atoms. The first kappa shape index (κ1) is 19.2. The summed E-state index contributed by atoms with van der Waals surface area (Å²) in [4.78, 5) is 19.0. The molecule has 144 valence electrons. The summed E-state index contributed by atoms with van der Waals surface area (Å²) in [7, 11) is 0. The maximum Gasteiger partial charge on any atom is 0.416 e. The van der Waals surface area contributed by atoms with Gasteiger partial charge in [-0.25, -0.2) is 4.98 Å². The van der Waals surface area contributed by atoms with Crippen LogP contribution in [0.25, 0.3) is 0 Å². The molecule has 1 aromatic heterocycles. The zero-order chi connectivity index (χ0) is 19.4. The maximum atomic E-state index is 12.7. The number of rotatable bonds is 4. The molecular weight excluding hydrogens is 359 g/mol. The lowest BCUT2D eigenvalue weighted by atomic mass is 10.1. The van der Waals surface area contributed by atoms with E-state index in [1.54, 1.807) is 25.3 Å². The molecule has 1 aromatic carbocycles. The van der Waals surface area contributed by atoms with Crippen LogP contribution in [0.1, 0.15) is 34.5 Å². The van der Waals surface area contributed by atoms with Crippen LogP contribution in [0.15, 0.2) is 42.6 Å². The van der Waals surface area contributed by atoms with Crippen molar-refractivity contribution in [3.05, 3.63) is 59.3 Å². The summed E-state index contributed by atoms with van der Waals surface area (Å²) in [6, 6.07) is 7.70. The topological polar surface area (TPSA) is 54.5 Å². The number of alkyl halides is 3. The Kier molecular flexibility index (Phi) is 5.65. The Morgan fingerprint density at radius 2 is 1.85 bits per heavy atom. The van der Waals surface area contributed by atoms with Gasteiger partial charge in [0.25, 0.3) is 5.91 Å². The molecule has 0 aliphatic carbocycles. The predicted molar refractivity (Wildman–Crippen MR) is 94.6 cm³/mol. The van der Waals surface area contributed by atoms with Gasteiger partial charge >= 0.3 is 6.18 Å². The molecule has 1 fully saturated rings. The molecule has 1 N–H and O–H groups in total. The second kappa shape index (κ2) is 7.96. The number of halogens is 3. The van der Waals surface area contributed by atoms with Gasteiger partial charge in [-0.15, -0.1) is 0 Å². The quantitative estimate of drug-likeness (QED) is 0.884. The van der Waals surface area contributed by atoms with Gasteiger partial charge in [0.2, 0.25) is 0 Å². The Hall–Kier alpha value is -2.61. The highest BCUT2D eigenvalue weighted by Crippen LogP contribution is 2.30. The van der Waals surface area contributed by atoms with E-state index in [-0.39, 0.29) is 5.91 Å². The van der Waals surface area contributed by atoms with Crippen LogP contribution in [0.5, 0.6) is 0 Å². The number of carbonyl (C=O) groups is 1. The van der Waals surface area contributed by atoms with Gasteiger partial charge in [-0.05, 0) is 36.8 Å². The van der Waals surface area contributed by atoms with Crippen molar-refractivity contribution >= 4 is 11.7 Å². The first-order valence-corrected chi connectivity index (χ1v) is 8.62. The number of morpholine rings is 1. The number of hydrogen-bond acceptors (Lipinski definition) is 4. The Morgan fingerprint density at radius 3 is 2.48 bits per heavy atom. The van der Waals surface area contributed by atoms with Crippen molar-refractivity contribution in [3.63, 3.8) is 0 Å². The van der Waals surface area contributed by atoms with Gasteiger partial charge in [-0.2, -0.15) is 13.2 Å². The van der Waals surface area contributed by atoms with E-state index < -0.39 is 17.8 Å². The SMILES string of the molecule is CC(NC(=O)c1cccnc1N1CCOCC1)c1ccc(C(F)(F)F)cc1. The van der Waals surface area contributed by atoms with Crippen LogP contribution in [-0.2, 0) is 10.9 Å². The Balaban J connectivity index is 1.73. The highest BCUT2D eigenvalue weighted by Gasteiger charge is 2.30. The van der Waals surface area contributed by atoms with Crippen molar-refractivity contribution in [1.82, 2.24) is 10.3 Å². The Morgan fingerprint density at radius 1 is 1.19 bits per heavy atom. The fraction of sp³-hybridized carbons (Fsp3) is 0.368. The van der Waals surface area contributed by atoms with Crippen molar-refractivity contribution in [3.8, 4) is 0 Å². The minimum Gasteiger partial charge on any atom is -0.378 e. The first-order chi connectivity index (χ1) is 12.9. The molecular formula is C19H20F3N3O2. The largest absolute Gasteiger partial charge is 0.416 e.